The second-order valence-corrected chi connectivity index (χ2v) is 8.41. The number of aromatic nitrogens is 1. The number of ether oxygens (including phenoxy) is 1. The molecule has 1 aromatic heterocycles. The summed E-state index contributed by atoms with van der Waals surface area (Å²) < 4.78 is 28.2. The summed E-state index contributed by atoms with van der Waals surface area (Å²) in [6, 6.07) is 9.18. The van der Waals surface area contributed by atoms with E-state index in [4.69, 9.17) is 4.74 Å². The van der Waals surface area contributed by atoms with E-state index in [-0.39, 0.29) is 23.5 Å². The molecule has 2 aromatic rings. The number of sulfone groups is 1. The summed E-state index contributed by atoms with van der Waals surface area (Å²) in [6.45, 7) is 0. The number of nitrogens with zero attached hydrogens (tertiary/aromatic N) is 1. The second-order valence-electron chi connectivity index (χ2n) is 6.18. The van der Waals surface area contributed by atoms with Crippen LogP contribution in [0, 0.1) is 0 Å². The average Bonchev–Trinajstić information content (AvgIpc) is 2.94. The molecule has 1 atom stereocenters. The fourth-order valence-corrected chi connectivity index (χ4v) is 4.58. The Bertz CT molecular complexity index is 880. The number of benzene rings is 1. The van der Waals surface area contributed by atoms with Gasteiger partial charge in [0.2, 0.25) is 0 Å². The van der Waals surface area contributed by atoms with E-state index in [1.165, 1.54) is 6.20 Å². The summed E-state index contributed by atoms with van der Waals surface area (Å²) in [6.07, 6.45) is 4.30. The zero-order valence-electron chi connectivity index (χ0n) is 13.9. The Hall–Kier alpha value is -2.41. The van der Waals surface area contributed by atoms with Gasteiger partial charge < -0.3 is 10.1 Å². The molecule has 0 spiro atoms. The number of amides is 1. The average molecular weight is 360 g/mol. The van der Waals surface area contributed by atoms with Crippen LogP contribution in [-0.4, -0.2) is 44.0 Å². The topological polar surface area (TPSA) is 85.4 Å². The van der Waals surface area contributed by atoms with Gasteiger partial charge in [0.15, 0.2) is 9.84 Å². The van der Waals surface area contributed by atoms with E-state index in [2.05, 4.69) is 10.3 Å². The lowest BCUT2D eigenvalue weighted by Gasteiger charge is -2.11. The molecule has 1 aliphatic rings. The van der Waals surface area contributed by atoms with Crippen LogP contribution < -0.4 is 10.1 Å². The smallest absolute Gasteiger partial charge is 0.253 e. The molecular formula is C18H20N2O4S. The van der Waals surface area contributed by atoms with Crippen molar-refractivity contribution in [2.24, 2.45) is 0 Å². The van der Waals surface area contributed by atoms with Crippen molar-refractivity contribution in [3.63, 3.8) is 0 Å². The van der Waals surface area contributed by atoms with Crippen LogP contribution in [0.25, 0.3) is 0 Å². The van der Waals surface area contributed by atoms with Crippen molar-refractivity contribution < 1.29 is 17.9 Å². The fraction of sp³-hybridized carbons (Fsp3) is 0.333. The van der Waals surface area contributed by atoms with Crippen molar-refractivity contribution in [1.29, 1.82) is 0 Å². The molecule has 132 valence electrons. The highest BCUT2D eigenvalue weighted by Crippen LogP contribution is 2.17. The van der Waals surface area contributed by atoms with E-state index >= 15 is 0 Å². The van der Waals surface area contributed by atoms with Crippen molar-refractivity contribution in [2.45, 2.75) is 18.9 Å². The Kier molecular flexibility index (Phi) is 5.03. The second kappa shape index (κ2) is 7.23. The monoisotopic (exact) mass is 360 g/mol. The van der Waals surface area contributed by atoms with Gasteiger partial charge in [-0.15, -0.1) is 0 Å². The molecular weight excluding hydrogens is 340 g/mol. The molecule has 7 heteroatoms. The van der Waals surface area contributed by atoms with E-state index in [0.29, 0.717) is 18.4 Å². The first-order valence-electron chi connectivity index (χ1n) is 8.03. The molecule has 0 radical (unpaired) electrons. The van der Waals surface area contributed by atoms with Crippen molar-refractivity contribution in [2.75, 3.05) is 18.6 Å². The molecule has 1 saturated heterocycles. The minimum Gasteiger partial charge on any atom is -0.497 e. The molecule has 1 aliphatic heterocycles. The highest BCUT2D eigenvalue weighted by Gasteiger charge is 2.29. The third-order valence-electron chi connectivity index (χ3n) is 4.17. The number of carbonyl (C=O) groups is 1. The van der Waals surface area contributed by atoms with Crippen LogP contribution >= 0.6 is 0 Å². The van der Waals surface area contributed by atoms with Gasteiger partial charge in [0.1, 0.15) is 5.75 Å². The molecule has 0 unspecified atom stereocenters. The van der Waals surface area contributed by atoms with Crippen LogP contribution in [-0.2, 0) is 16.3 Å². The minimum absolute atomic E-state index is 0.00959. The lowest BCUT2D eigenvalue weighted by molar-refractivity contribution is 0.0940. The van der Waals surface area contributed by atoms with E-state index in [0.717, 1.165) is 16.9 Å². The summed E-state index contributed by atoms with van der Waals surface area (Å²) in [5.41, 5.74) is 2.39. The molecule has 3 rings (SSSR count). The summed E-state index contributed by atoms with van der Waals surface area (Å²) in [4.78, 5) is 16.5. The van der Waals surface area contributed by atoms with Gasteiger partial charge in [0, 0.05) is 18.4 Å². The molecule has 0 bridgehead atoms. The number of hydrogen-bond acceptors (Lipinski definition) is 5. The van der Waals surface area contributed by atoms with Crippen LogP contribution in [0.5, 0.6) is 5.75 Å². The van der Waals surface area contributed by atoms with Crippen LogP contribution in [0.3, 0.4) is 0 Å². The molecule has 0 aliphatic carbocycles. The fourth-order valence-electron chi connectivity index (χ4n) is 2.90. The lowest BCUT2D eigenvalue weighted by Crippen LogP contribution is -2.35. The van der Waals surface area contributed by atoms with Crippen LogP contribution in [0.4, 0.5) is 0 Å². The highest BCUT2D eigenvalue weighted by molar-refractivity contribution is 7.91. The van der Waals surface area contributed by atoms with E-state index in [9.17, 15) is 13.2 Å². The standard InChI is InChI=1S/C18H20N2O4S/c1-24-17-4-2-3-13(9-17)7-14-8-15(11-19-10-14)18(21)20-16-5-6-25(22,23)12-16/h2-4,8-11,16H,5-7,12H2,1H3,(H,20,21)/t16-/m1/s1. The predicted octanol–water partition coefficient (Wildman–Crippen LogP) is 1.60. The van der Waals surface area contributed by atoms with Gasteiger partial charge >= 0.3 is 0 Å². The Morgan fingerprint density at radius 2 is 2.12 bits per heavy atom. The molecule has 1 amide bonds. The number of nitrogens with one attached hydrogen (secondary N) is 1. The number of rotatable bonds is 5. The quantitative estimate of drug-likeness (QED) is 0.875. The maximum Gasteiger partial charge on any atom is 0.253 e. The Labute approximate surface area is 147 Å². The van der Waals surface area contributed by atoms with Gasteiger partial charge in [-0.3, -0.25) is 9.78 Å². The maximum absolute atomic E-state index is 12.4. The Morgan fingerprint density at radius 1 is 1.28 bits per heavy atom. The molecule has 25 heavy (non-hydrogen) atoms. The van der Waals surface area contributed by atoms with Crippen molar-refractivity contribution in [3.8, 4) is 5.75 Å². The van der Waals surface area contributed by atoms with E-state index in [1.807, 2.05) is 24.3 Å². The van der Waals surface area contributed by atoms with Gasteiger partial charge in [-0.1, -0.05) is 12.1 Å². The predicted molar refractivity (Wildman–Crippen MR) is 94.6 cm³/mol. The SMILES string of the molecule is COc1cccc(Cc2cncc(C(=O)N[C@@H]3CCS(=O)(=O)C3)c2)c1. The highest BCUT2D eigenvalue weighted by atomic mass is 32.2. The lowest BCUT2D eigenvalue weighted by atomic mass is 10.0. The molecule has 1 fully saturated rings. The van der Waals surface area contributed by atoms with Crippen LogP contribution in [0.2, 0.25) is 0 Å². The van der Waals surface area contributed by atoms with Crippen molar-refractivity contribution in [1.82, 2.24) is 10.3 Å². The number of methoxy groups -OCH3 is 1. The van der Waals surface area contributed by atoms with E-state index < -0.39 is 9.84 Å². The Balaban J connectivity index is 1.69. The molecule has 1 aromatic carbocycles. The largest absolute Gasteiger partial charge is 0.497 e. The van der Waals surface area contributed by atoms with Crippen molar-refractivity contribution in [3.05, 3.63) is 59.4 Å². The van der Waals surface area contributed by atoms with Gasteiger partial charge in [-0.05, 0) is 42.2 Å². The summed E-state index contributed by atoms with van der Waals surface area (Å²) in [5.74, 6) is 0.630. The summed E-state index contributed by atoms with van der Waals surface area (Å²) >= 11 is 0. The zero-order valence-corrected chi connectivity index (χ0v) is 14.8. The number of carbonyl (C=O) groups excluding carboxylic acids is 1. The molecule has 2 heterocycles. The summed E-state index contributed by atoms with van der Waals surface area (Å²) in [7, 11) is -1.40. The minimum atomic E-state index is -3.02. The third kappa shape index (κ3) is 4.57. The molecule has 0 saturated carbocycles. The van der Waals surface area contributed by atoms with Gasteiger partial charge in [-0.2, -0.15) is 0 Å². The Morgan fingerprint density at radius 3 is 2.84 bits per heavy atom. The molecule has 6 nitrogen and oxygen atoms in total. The maximum atomic E-state index is 12.4. The van der Waals surface area contributed by atoms with E-state index in [1.54, 1.807) is 19.4 Å². The number of hydrogen-bond donors (Lipinski definition) is 1. The van der Waals surface area contributed by atoms with Gasteiger partial charge in [-0.25, -0.2) is 8.42 Å². The first-order chi connectivity index (χ1) is 11.9. The first-order valence-corrected chi connectivity index (χ1v) is 9.85. The molecule has 1 N–H and O–H groups in total. The van der Waals surface area contributed by atoms with Crippen molar-refractivity contribution >= 4 is 15.7 Å². The third-order valence-corrected chi connectivity index (χ3v) is 5.94. The zero-order chi connectivity index (χ0) is 17.9. The van der Waals surface area contributed by atoms with Crippen LogP contribution in [0.1, 0.15) is 27.9 Å². The van der Waals surface area contributed by atoms with Gasteiger partial charge in [0.05, 0.1) is 24.2 Å². The first kappa shape index (κ1) is 17.4. The number of pyridine rings is 1. The van der Waals surface area contributed by atoms with Gasteiger partial charge in [0.25, 0.3) is 5.91 Å². The normalized spacial score (nSPS) is 18.7. The van der Waals surface area contributed by atoms with Crippen LogP contribution in [0.15, 0.2) is 42.7 Å². The summed E-state index contributed by atoms with van der Waals surface area (Å²) in [5, 5.41) is 2.78.